The second-order valence-corrected chi connectivity index (χ2v) is 4.99. The molecule has 1 heterocycles. The zero-order chi connectivity index (χ0) is 13.8. The van der Waals surface area contributed by atoms with E-state index in [4.69, 9.17) is 0 Å². The van der Waals surface area contributed by atoms with E-state index in [2.05, 4.69) is 24.3 Å². The fourth-order valence-corrected chi connectivity index (χ4v) is 2.09. The summed E-state index contributed by atoms with van der Waals surface area (Å²) in [5.41, 5.74) is 3.39. The molecule has 0 aliphatic rings. The van der Waals surface area contributed by atoms with Crippen LogP contribution in [0.5, 0.6) is 0 Å². The Morgan fingerprint density at radius 2 is 2.21 bits per heavy atom. The SMILES string of the molecule is Cc1c(CNC(C)Cc2cccc(F)c2)cnn1C. The highest BCUT2D eigenvalue weighted by atomic mass is 19.1. The fourth-order valence-electron chi connectivity index (χ4n) is 2.09. The normalized spacial score (nSPS) is 12.6. The van der Waals surface area contributed by atoms with Gasteiger partial charge in [0.15, 0.2) is 0 Å². The van der Waals surface area contributed by atoms with E-state index in [9.17, 15) is 4.39 Å². The van der Waals surface area contributed by atoms with Crippen LogP contribution in [0.2, 0.25) is 0 Å². The summed E-state index contributed by atoms with van der Waals surface area (Å²) in [6, 6.07) is 7.06. The molecular weight excluding hydrogens is 241 g/mol. The van der Waals surface area contributed by atoms with Crippen LogP contribution in [0.25, 0.3) is 0 Å². The molecule has 1 N–H and O–H groups in total. The van der Waals surface area contributed by atoms with Gasteiger partial charge in [-0.15, -0.1) is 0 Å². The molecule has 0 amide bonds. The van der Waals surface area contributed by atoms with Gasteiger partial charge in [0.25, 0.3) is 0 Å². The van der Waals surface area contributed by atoms with Crippen molar-refractivity contribution in [3.63, 3.8) is 0 Å². The van der Waals surface area contributed by atoms with Crippen LogP contribution in [0.4, 0.5) is 4.39 Å². The average molecular weight is 261 g/mol. The highest BCUT2D eigenvalue weighted by Crippen LogP contribution is 2.08. The van der Waals surface area contributed by atoms with Gasteiger partial charge < -0.3 is 5.32 Å². The third-order valence-electron chi connectivity index (χ3n) is 3.41. The molecule has 2 rings (SSSR count). The van der Waals surface area contributed by atoms with E-state index in [0.717, 1.165) is 18.5 Å². The number of aromatic nitrogens is 2. The molecule has 1 atom stereocenters. The van der Waals surface area contributed by atoms with Crippen molar-refractivity contribution >= 4 is 0 Å². The van der Waals surface area contributed by atoms with Crippen molar-refractivity contribution in [2.75, 3.05) is 0 Å². The maximum Gasteiger partial charge on any atom is 0.123 e. The van der Waals surface area contributed by atoms with Crippen LogP contribution in [0.1, 0.15) is 23.7 Å². The molecular formula is C15H20FN3. The summed E-state index contributed by atoms with van der Waals surface area (Å²) in [6.07, 6.45) is 2.70. The molecule has 4 heteroatoms. The Kier molecular flexibility index (Phi) is 4.32. The molecule has 0 radical (unpaired) electrons. The van der Waals surface area contributed by atoms with Crippen LogP contribution in [-0.2, 0) is 20.0 Å². The monoisotopic (exact) mass is 261 g/mol. The van der Waals surface area contributed by atoms with Gasteiger partial charge in [-0.1, -0.05) is 12.1 Å². The Hall–Kier alpha value is -1.68. The second kappa shape index (κ2) is 5.97. The highest BCUT2D eigenvalue weighted by molar-refractivity contribution is 5.18. The predicted octanol–water partition coefficient (Wildman–Crippen LogP) is 2.59. The fraction of sp³-hybridized carbons (Fsp3) is 0.400. The van der Waals surface area contributed by atoms with Crippen LogP contribution in [0, 0.1) is 12.7 Å². The molecule has 0 aliphatic heterocycles. The number of hydrogen-bond donors (Lipinski definition) is 1. The smallest absolute Gasteiger partial charge is 0.123 e. The van der Waals surface area contributed by atoms with Crippen LogP contribution in [0.15, 0.2) is 30.5 Å². The first kappa shape index (κ1) is 13.7. The number of rotatable bonds is 5. The zero-order valence-corrected chi connectivity index (χ0v) is 11.7. The molecule has 3 nitrogen and oxygen atoms in total. The van der Waals surface area contributed by atoms with Gasteiger partial charge in [0.05, 0.1) is 6.20 Å². The van der Waals surface area contributed by atoms with Gasteiger partial charge in [-0.3, -0.25) is 4.68 Å². The molecule has 1 unspecified atom stereocenters. The van der Waals surface area contributed by atoms with E-state index in [1.807, 2.05) is 24.0 Å². The number of aryl methyl sites for hydroxylation is 1. The first-order chi connectivity index (χ1) is 9.06. The quantitative estimate of drug-likeness (QED) is 0.896. The van der Waals surface area contributed by atoms with Gasteiger partial charge in [-0.2, -0.15) is 5.10 Å². The summed E-state index contributed by atoms with van der Waals surface area (Å²) in [6.45, 7) is 4.95. The number of hydrogen-bond acceptors (Lipinski definition) is 2. The van der Waals surface area contributed by atoms with Crippen molar-refractivity contribution in [3.05, 3.63) is 53.1 Å². The third-order valence-corrected chi connectivity index (χ3v) is 3.41. The van der Waals surface area contributed by atoms with E-state index in [0.29, 0.717) is 6.04 Å². The molecule has 0 bridgehead atoms. The van der Waals surface area contributed by atoms with E-state index < -0.39 is 0 Å². The Morgan fingerprint density at radius 3 is 2.84 bits per heavy atom. The molecule has 0 spiro atoms. The number of halogens is 1. The lowest BCUT2D eigenvalue weighted by molar-refractivity contribution is 0.541. The van der Waals surface area contributed by atoms with Crippen molar-refractivity contribution < 1.29 is 4.39 Å². The van der Waals surface area contributed by atoms with Gasteiger partial charge in [0.1, 0.15) is 5.82 Å². The average Bonchev–Trinajstić information content (AvgIpc) is 2.68. The van der Waals surface area contributed by atoms with E-state index in [1.54, 1.807) is 12.1 Å². The molecule has 0 saturated heterocycles. The minimum Gasteiger partial charge on any atom is -0.310 e. The summed E-state index contributed by atoms with van der Waals surface area (Å²) < 4.78 is 15.0. The summed E-state index contributed by atoms with van der Waals surface area (Å²) in [5, 5.41) is 7.66. The van der Waals surface area contributed by atoms with Crippen LogP contribution < -0.4 is 5.32 Å². The van der Waals surface area contributed by atoms with E-state index in [1.165, 1.54) is 17.3 Å². The zero-order valence-electron chi connectivity index (χ0n) is 11.7. The summed E-state index contributed by atoms with van der Waals surface area (Å²) in [5.74, 6) is -0.173. The summed E-state index contributed by atoms with van der Waals surface area (Å²) in [7, 11) is 1.94. The standard InChI is InChI=1S/C15H20FN3/c1-11(7-13-5-4-6-15(16)8-13)17-9-14-10-18-19(3)12(14)2/h4-6,8,10-11,17H,7,9H2,1-3H3. The third kappa shape index (κ3) is 3.64. The Balaban J connectivity index is 1.88. The number of nitrogens with zero attached hydrogens (tertiary/aromatic N) is 2. The predicted molar refractivity (Wildman–Crippen MR) is 74.4 cm³/mol. The van der Waals surface area contributed by atoms with Crippen molar-refractivity contribution in [2.45, 2.75) is 32.9 Å². The highest BCUT2D eigenvalue weighted by Gasteiger charge is 2.07. The van der Waals surface area contributed by atoms with Crippen molar-refractivity contribution in [3.8, 4) is 0 Å². The lowest BCUT2D eigenvalue weighted by atomic mass is 10.1. The number of benzene rings is 1. The molecule has 0 aliphatic carbocycles. The minimum atomic E-state index is -0.173. The topological polar surface area (TPSA) is 29.9 Å². The Morgan fingerprint density at radius 1 is 1.42 bits per heavy atom. The van der Waals surface area contributed by atoms with Crippen LogP contribution >= 0.6 is 0 Å². The maximum absolute atomic E-state index is 13.1. The molecule has 102 valence electrons. The molecule has 1 aromatic heterocycles. The van der Waals surface area contributed by atoms with Gasteiger partial charge in [-0.05, 0) is 38.0 Å². The largest absolute Gasteiger partial charge is 0.310 e. The van der Waals surface area contributed by atoms with Crippen LogP contribution in [-0.4, -0.2) is 15.8 Å². The number of nitrogens with one attached hydrogen (secondary N) is 1. The minimum absolute atomic E-state index is 0.173. The van der Waals surface area contributed by atoms with Crippen LogP contribution in [0.3, 0.4) is 0 Å². The molecule has 2 aromatic rings. The lowest BCUT2D eigenvalue weighted by Crippen LogP contribution is -2.27. The lowest BCUT2D eigenvalue weighted by Gasteiger charge is -2.13. The van der Waals surface area contributed by atoms with Gasteiger partial charge >= 0.3 is 0 Å². The summed E-state index contributed by atoms with van der Waals surface area (Å²) in [4.78, 5) is 0. The van der Waals surface area contributed by atoms with Gasteiger partial charge in [0, 0.05) is 30.9 Å². The Bertz CT molecular complexity index is 548. The van der Waals surface area contributed by atoms with Gasteiger partial charge in [0.2, 0.25) is 0 Å². The molecule has 1 aromatic carbocycles. The van der Waals surface area contributed by atoms with Crippen molar-refractivity contribution in [2.24, 2.45) is 7.05 Å². The van der Waals surface area contributed by atoms with E-state index >= 15 is 0 Å². The van der Waals surface area contributed by atoms with Gasteiger partial charge in [-0.25, -0.2) is 4.39 Å². The Labute approximate surface area is 113 Å². The second-order valence-electron chi connectivity index (χ2n) is 4.99. The van der Waals surface area contributed by atoms with Crippen molar-refractivity contribution in [1.29, 1.82) is 0 Å². The summed E-state index contributed by atoms with van der Waals surface area (Å²) >= 11 is 0. The first-order valence-electron chi connectivity index (χ1n) is 6.51. The molecule has 0 saturated carbocycles. The van der Waals surface area contributed by atoms with Crippen molar-refractivity contribution in [1.82, 2.24) is 15.1 Å². The molecule has 19 heavy (non-hydrogen) atoms. The van der Waals surface area contributed by atoms with E-state index in [-0.39, 0.29) is 5.82 Å². The maximum atomic E-state index is 13.1. The molecule has 0 fully saturated rings. The first-order valence-corrected chi connectivity index (χ1v) is 6.51.